The molecule has 0 saturated carbocycles. The first-order valence-corrected chi connectivity index (χ1v) is 11.1. The Kier molecular flexibility index (Phi) is 8.36. The lowest BCUT2D eigenvalue weighted by Crippen LogP contribution is -2.37. The molecule has 1 amide bonds. The van der Waals surface area contributed by atoms with E-state index >= 15 is 0 Å². The summed E-state index contributed by atoms with van der Waals surface area (Å²) in [4.78, 5) is 26.6. The number of benzene rings is 1. The fraction of sp³-hybridized carbons (Fsp3) is 0.458. The first-order chi connectivity index (χ1) is 16.1. The number of carboxylic acid groups (broad SMARTS) is 1. The van der Waals surface area contributed by atoms with Gasteiger partial charge in [0.05, 0.1) is 6.61 Å². The molecule has 7 nitrogen and oxygen atoms in total. The van der Waals surface area contributed by atoms with Gasteiger partial charge in [-0.15, -0.1) is 0 Å². The van der Waals surface area contributed by atoms with E-state index in [-0.39, 0.29) is 13.0 Å². The molecule has 1 aromatic carbocycles. The zero-order valence-electron chi connectivity index (χ0n) is 19.0. The highest BCUT2D eigenvalue weighted by Crippen LogP contribution is 2.27. The van der Waals surface area contributed by atoms with Crippen LogP contribution in [0.1, 0.15) is 42.1 Å². The Bertz CT molecular complexity index is 1020. The van der Waals surface area contributed by atoms with Crippen LogP contribution in [0.25, 0.3) is 0 Å². The summed E-state index contributed by atoms with van der Waals surface area (Å²) in [6.07, 6.45) is -1.11. The molecular weight excluding hydrogens is 451 g/mol. The molecule has 0 fully saturated rings. The lowest BCUT2D eigenvalue weighted by Gasteiger charge is -2.22. The third-order valence-electron chi connectivity index (χ3n) is 5.45. The Morgan fingerprint density at radius 1 is 1.15 bits per heavy atom. The highest BCUT2D eigenvalue weighted by atomic mass is 19.4. The van der Waals surface area contributed by atoms with Crippen LogP contribution in [0.5, 0.6) is 5.75 Å². The monoisotopic (exact) mass is 479 g/mol. The number of hydrogen-bond donors (Lipinski definition) is 2. The van der Waals surface area contributed by atoms with Gasteiger partial charge in [0, 0.05) is 38.5 Å². The van der Waals surface area contributed by atoms with Gasteiger partial charge in [-0.3, -0.25) is 9.59 Å². The maximum Gasteiger partial charge on any atom is 0.406 e. The summed E-state index contributed by atoms with van der Waals surface area (Å²) in [7, 11) is 0. The van der Waals surface area contributed by atoms with Crippen LogP contribution < -0.4 is 10.1 Å². The zero-order chi connectivity index (χ0) is 24.7. The SMILES string of the molecule is CC(=O)O.O=C1CCc2ccc(OCCc3ccc4c(n3)NCCC4)cc2CN1CC(F)(F)F. The molecule has 0 spiro atoms. The molecule has 0 radical (unpaired) electrons. The summed E-state index contributed by atoms with van der Waals surface area (Å²) in [5.41, 5.74) is 3.76. The standard InChI is InChI=1S/C22H24F3N3O2.C2H4O2/c23-22(24,25)14-28-13-17-12-19(7-4-15(17)5-8-20(28)29)30-11-9-18-6-3-16-2-1-10-26-21(16)27-18;1-2(3)4/h3-4,6-7,12H,1-2,5,8-11,13-14H2,(H,26,27);1H3,(H,3,4). The summed E-state index contributed by atoms with van der Waals surface area (Å²) in [5, 5.41) is 10.7. The van der Waals surface area contributed by atoms with Crippen molar-refractivity contribution in [2.75, 3.05) is 25.0 Å². The van der Waals surface area contributed by atoms with E-state index in [1.165, 1.54) is 5.56 Å². The number of pyridine rings is 1. The summed E-state index contributed by atoms with van der Waals surface area (Å²) in [6, 6.07) is 9.51. The summed E-state index contributed by atoms with van der Waals surface area (Å²) in [5.74, 6) is 0.224. The van der Waals surface area contributed by atoms with Gasteiger partial charge in [-0.25, -0.2) is 4.98 Å². The maximum atomic E-state index is 12.8. The predicted octanol–water partition coefficient (Wildman–Crippen LogP) is 3.99. The molecule has 34 heavy (non-hydrogen) atoms. The fourth-order valence-electron chi connectivity index (χ4n) is 3.92. The van der Waals surface area contributed by atoms with Gasteiger partial charge in [-0.2, -0.15) is 13.2 Å². The van der Waals surface area contributed by atoms with E-state index in [2.05, 4.69) is 16.4 Å². The Balaban J connectivity index is 0.000000751. The number of nitrogens with one attached hydrogen (secondary N) is 1. The van der Waals surface area contributed by atoms with Gasteiger partial charge < -0.3 is 20.1 Å². The number of nitrogens with zero attached hydrogens (tertiary/aromatic N) is 2. The smallest absolute Gasteiger partial charge is 0.406 e. The summed E-state index contributed by atoms with van der Waals surface area (Å²) in [6.45, 7) is 1.15. The number of halogens is 3. The normalized spacial score (nSPS) is 15.2. The van der Waals surface area contributed by atoms with E-state index in [0.29, 0.717) is 30.8 Å². The number of ether oxygens (including phenoxy) is 1. The first kappa shape index (κ1) is 25.3. The number of aliphatic carboxylic acids is 1. The van der Waals surface area contributed by atoms with Crippen molar-refractivity contribution >= 4 is 17.7 Å². The highest BCUT2D eigenvalue weighted by Gasteiger charge is 2.34. The molecule has 0 saturated heterocycles. The van der Waals surface area contributed by atoms with Gasteiger partial charge in [-0.1, -0.05) is 12.1 Å². The minimum atomic E-state index is -4.41. The number of hydrogen-bond acceptors (Lipinski definition) is 5. The van der Waals surface area contributed by atoms with Crippen LogP contribution in [0.15, 0.2) is 30.3 Å². The molecule has 2 aromatic rings. The number of aryl methyl sites for hydroxylation is 2. The minimum Gasteiger partial charge on any atom is -0.493 e. The van der Waals surface area contributed by atoms with E-state index in [9.17, 15) is 18.0 Å². The van der Waals surface area contributed by atoms with Crippen LogP contribution in [0.4, 0.5) is 19.0 Å². The zero-order valence-corrected chi connectivity index (χ0v) is 19.0. The lowest BCUT2D eigenvalue weighted by atomic mass is 10.0. The van der Waals surface area contributed by atoms with Gasteiger partial charge in [0.15, 0.2) is 0 Å². The molecule has 0 aliphatic carbocycles. The second-order valence-electron chi connectivity index (χ2n) is 8.25. The Hall–Kier alpha value is -3.30. The van der Waals surface area contributed by atoms with Gasteiger partial charge in [0.25, 0.3) is 5.97 Å². The van der Waals surface area contributed by atoms with Crippen LogP contribution >= 0.6 is 0 Å². The topological polar surface area (TPSA) is 91.8 Å². The molecule has 2 aliphatic rings. The Morgan fingerprint density at radius 2 is 1.88 bits per heavy atom. The Labute approximate surface area is 195 Å². The molecule has 0 unspecified atom stereocenters. The molecular formula is C24H28F3N3O4. The lowest BCUT2D eigenvalue weighted by molar-refractivity contribution is -0.162. The molecule has 2 N–H and O–H groups in total. The van der Waals surface area contributed by atoms with Crippen molar-refractivity contribution in [3.05, 3.63) is 52.7 Å². The minimum absolute atomic E-state index is 0.0527. The van der Waals surface area contributed by atoms with Crippen molar-refractivity contribution in [2.24, 2.45) is 0 Å². The number of aromatic nitrogens is 1. The third kappa shape index (κ3) is 7.64. The van der Waals surface area contributed by atoms with Crippen LogP contribution in [-0.4, -0.2) is 52.7 Å². The van der Waals surface area contributed by atoms with Gasteiger partial charge in [0.2, 0.25) is 5.91 Å². The molecule has 1 aromatic heterocycles. The van der Waals surface area contributed by atoms with Gasteiger partial charge in [0.1, 0.15) is 18.1 Å². The molecule has 184 valence electrons. The van der Waals surface area contributed by atoms with Crippen molar-refractivity contribution < 1.29 is 32.6 Å². The second kappa shape index (κ2) is 11.2. The van der Waals surface area contributed by atoms with Crippen LogP contribution in [0, 0.1) is 0 Å². The van der Waals surface area contributed by atoms with E-state index in [0.717, 1.165) is 48.3 Å². The number of carbonyl (C=O) groups is 2. The predicted molar refractivity (Wildman–Crippen MR) is 120 cm³/mol. The van der Waals surface area contributed by atoms with Crippen molar-refractivity contribution in [3.8, 4) is 5.75 Å². The quantitative estimate of drug-likeness (QED) is 0.674. The van der Waals surface area contributed by atoms with Gasteiger partial charge in [-0.05, 0) is 54.2 Å². The number of carboxylic acids is 1. The van der Waals surface area contributed by atoms with Crippen LogP contribution in [-0.2, 0) is 35.4 Å². The second-order valence-corrected chi connectivity index (χ2v) is 8.25. The number of anilines is 1. The number of amides is 1. The summed E-state index contributed by atoms with van der Waals surface area (Å²) >= 11 is 0. The highest BCUT2D eigenvalue weighted by molar-refractivity contribution is 5.77. The summed E-state index contributed by atoms with van der Waals surface area (Å²) < 4.78 is 44.3. The first-order valence-electron chi connectivity index (χ1n) is 11.1. The molecule has 0 bridgehead atoms. The average Bonchev–Trinajstić information content (AvgIpc) is 2.90. The van der Waals surface area contributed by atoms with Gasteiger partial charge >= 0.3 is 6.18 Å². The molecule has 0 atom stereocenters. The van der Waals surface area contributed by atoms with Crippen LogP contribution in [0.2, 0.25) is 0 Å². The number of alkyl halides is 3. The molecule has 4 rings (SSSR count). The maximum absolute atomic E-state index is 12.8. The Morgan fingerprint density at radius 3 is 2.62 bits per heavy atom. The van der Waals surface area contributed by atoms with Crippen LogP contribution in [0.3, 0.4) is 0 Å². The number of carbonyl (C=O) groups excluding carboxylic acids is 1. The third-order valence-corrected chi connectivity index (χ3v) is 5.45. The van der Waals surface area contributed by atoms with E-state index in [1.54, 1.807) is 6.07 Å². The van der Waals surface area contributed by atoms with E-state index in [1.807, 2.05) is 18.2 Å². The van der Waals surface area contributed by atoms with E-state index < -0.39 is 24.6 Å². The molecule has 10 heteroatoms. The average molecular weight is 479 g/mol. The molecule has 3 heterocycles. The van der Waals surface area contributed by atoms with E-state index in [4.69, 9.17) is 14.6 Å². The fourth-order valence-corrected chi connectivity index (χ4v) is 3.92. The van der Waals surface area contributed by atoms with Crippen molar-refractivity contribution in [3.63, 3.8) is 0 Å². The molecule has 2 aliphatic heterocycles. The van der Waals surface area contributed by atoms with Crippen molar-refractivity contribution in [1.82, 2.24) is 9.88 Å². The number of fused-ring (bicyclic) bond motifs is 2. The number of rotatable bonds is 5. The largest absolute Gasteiger partial charge is 0.493 e. The van der Waals surface area contributed by atoms with Crippen molar-refractivity contribution in [1.29, 1.82) is 0 Å². The van der Waals surface area contributed by atoms with Crippen molar-refractivity contribution in [2.45, 2.75) is 51.7 Å².